The number of nitrogens with zero attached hydrogens (tertiary/aromatic N) is 2. The molecule has 0 aliphatic rings. The molecule has 108 valence electrons. The van der Waals surface area contributed by atoms with E-state index in [0.29, 0.717) is 12.4 Å². The number of rotatable bonds is 5. The van der Waals surface area contributed by atoms with Crippen LogP contribution < -0.4 is 4.74 Å². The van der Waals surface area contributed by atoms with Crippen molar-refractivity contribution in [3.63, 3.8) is 0 Å². The van der Waals surface area contributed by atoms with E-state index < -0.39 is 0 Å². The van der Waals surface area contributed by atoms with Crippen molar-refractivity contribution in [3.05, 3.63) is 44.9 Å². The molecule has 0 amide bonds. The van der Waals surface area contributed by atoms with Crippen LogP contribution >= 0.6 is 27.5 Å². The van der Waals surface area contributed by atoms with Crippen LogP contribution in [0.3, 0.4) is 0 Å². The Labute approximate surface area is 130 Å². The Bertz CT molecular complexity index is 615. The summed E-state index contributed by atoms with van der Waals surface area (Å²) < 4.78 is 21.5. The highest BCUT2D eigenvalue weighted by atomic mass is 79.9. The molecule has 0 fully saturated rings. The van der Waals surface area contributed by atoms with E-state index >= 15 is 0 Å². The van der Waals surface area contributed by atoms with E-state index in [0.717, 1.165) is 28.8 Å². The van der Waals surface area contributed by atoms with Crippen molar-refractivity contribution < 1.29 is 9.13 Å². The van der Waals surface area contributed by atoms with E-state index in [4.69, 9.17) is 16.3 Å². The number of hydrogen-bond acceptors (Lipinski definition) is 2. The Morgan fingerprint density at radius 1 is 1.40 bits per heavy atom. The van der Waals surface area contributed by atoms with Crippen molar-refractivity contribution in [2.75, 3.05) is 0 Å². The number of aryl methyl sites for hydroxylation is 2. The smallest absolute Gasteiger partial charge is 0.138 e. The third-order valence-corrected chi connectivity index (χ3v) is 4.16. The first-order valence-electron chi connectivity index (χ1n) is 6.38. The number of hydrogen-bond donors (Lipinski definition) is 0. The van der Waals surface area contributed by atoms with Crippen LogP contribution in [0.4, 0.5) is 4.39 Å². The first-order valence-corrected chi connectivity index (χ1v) is 7.55. The van der Waals surface area contributed by atoms with Gasteiger partial charge >= 0.3 is 0 Å². The molecule has 0 atom stereocenters. The molecular formula is C14H15BrClFN2O. The molecule has 0 N–H and O–H groups in total. The largest absolute Gasteiger partial charge is 0.486 e. The maximum atomic E-state index is 13.0. The van der Waals surface area contributed by atoms with Crippen LogP contribution in [-0.4, -0.2) is 9.78 Å². The molecule has 2 rings (SSSR count). The van der Waals surface area contributed by atoms with Crippen LogP contribution in [0.5, 0.6) is 5.75 Å². The fourth-order valence-corrected chi connectivity index (χ4v) is 2.79. The van der Waals surface area contributed by atoms with Gasteiger partial charge in [-0.2, -0.15) is 5.10 Å². The van der Waals surface area contributed by atoms with Crippen molar-refractivity contribution in [2.24, 2.45) is 0 Å². The van der Waals surface area contributed by atoms with Gasteiger partial charge in [-0.15, -0.1) is 0 Å². The molecule has 0 saturated heterocycles. The summed E-state index contributed by atoms with van der Waals surface area (Å²) in [6.07, 6.45) is 0.845. The average Bonchev–Trinajstić information content (AvgIpc) is 2.74. The SMILES string of the molecule is CCc1nn(CC)c(COc2ccc(F)cc2Cl)c1Br. The number of ether oxygens (including phenoxy) is 1. The summed E-state index contributed by atoms with van der Waals surface area (Å²) in [5.41, 5.74) is 1.94. The van der Waals surface area contributed by atoms with Crippen LogP contribution in [0.2, 0.25) is 5.02 Å². The fraction of sp³-hybridized carbons (Fsp3) is 0.357. The second kappa shape index (κ2) is 6.59. The Kier molecular flexibility index (Phi) is 5.05. The summed E-state index contributed by atoms with van der Waals surface area (Å²) in [4.78, 5) is 0. The van der Waals surface area contributed by atoms with Gasteiger partial charge in [0.25, 0.3) is 0 Å². The number of halogens is 3. The van der Waals surface area contributed by atoms with Gasteiger partial charge in [0, 0.05) is 6.54 Å². The zero-order valence-corrected chi connectivity index (χ0v) is 13.6. The molecule has 0 spiro atoms. The van der Waals surface area contributed by atoms with E-state index in [-0.39, 0.29) is 10.8 Å². The highest BCUT2D eigenvalue weighted by Crippen LogP contribution is 2.28. The molecule has 1 aromatic carbocycles. The maximum absolute atomic E-state index is 13.0. The Morgan fingerprint density at radius 2 is 2.15 bits per heavy atom. The molecule has 1 heterocycles. The molecule has 3 nitrogen and oxygen atoms in total. The average molecular weight is 362 g/mol. The molecule has 1 aromatic heterocycles. The zero-order valence-electron chi connectivity index (χ0n) is 11.3. The third kappa shape index (κ3) is 3.15. The minimum Gasteiger partial charge on any atom is -0.486 e. The van der Waals surface area contributed by atoms with Crippen LogP contribution in [0, 0.1) is 5.82 Å². The van der Waals surface area contributed by atoms with Crippen LogP contribution in [0.1, 0.15) is 25.2 Å². The third-order valence-electron chi connectivity index (χ3n) is 2.95. The van der Waals surface area contributed by atoms with Gasteiger partial charge in [0.1, 0.15) is 18.2 Å². The molecular weight excluding hydrogens is 347 g/mol. The normalized spacial score (nSPS) is 10.8. The molecule has 2 aromatic rings. The Morgan fingerprint density at radius 3 is 2.75 bits per heavy atom. The predicted molar refractivity (Wildman–Crippen MR) is 80.7 cm³/mol. The van der Waals surface area contributed by atoms with Crippen LogP contribution in [0.25, 0.3) is 0 Å². The van der Waals surface area contributed by atoms with Gasteiger partial charge in [-0.05, 0) is 47.5 Å². The van der Waals surface area contributed by atoms with Crippen molar-refractivity contribution in [3.8, 4) is 5.75 Å². The van der Waals surface area contributed by atoms with Gasteiger partial charge in [0.2, 0.25) is 0 Å². The van der Waals surface area contributed by atoms with Gasteiger partial charge in [0.15, 0.2) is 0 Å². The van der Waals surface area contributed by atoms with E-state index in [1.54, 1.807) is 0 Å². The first kappa shape index (κ1) is 15.3. The summed E-state index contributed by atoms with van der Waals surface area (Å²) in [5.74, 6) is 0.0808. The second-order valence-electron chi connectivity index (χ2n) is 4.24. The summed E-state index contributed by atoms with van der Waals surface area (Å²) in [7, 11) is 0. The van der Waals surface area contributed by atoms with Gasteiger partial charge in [0.05, 0.1) is 20.9 Å². The zero-order chi connectivity index (χ0) is 14.7. The highest BCUT2D eigenvalue weighted by molar-refractivity contribution is 9.10. The van der Waals surface area contributed by atoms with Crippen molar-refractivity contribution in [1.29, 1.82) is 0 Å². The van der Waals surface area contributed by atoms with Crippen molar-refractivity contribution in [2.45, 2.75) is 33.4 Å². The summed E-state index contributed by atoms with van der Waals surface area (Å²) >= 11 is 9.49. The second-order valence-corrected chi connectivity index (χ2v) is 5.44. The minimum absolute atomic E-state index is 0.263. The van der Waals surface area contributed by atoms with Gasteiger partial charge in [-0.1, -0.05) is 18.5 Å². The molecule has 20 heavy (non-hydrogen) atoms. The van der Waals surface area contributed by atoms with Crippen LogP contribution in [0.15, 0.2) is 22.7 Å². The molecule has 0 bridgehead atoms. The lowest BCUT2D eigenvalue weighted by atomic mass is 10.3. The lowest BCUT2D eigenvalue weighted by molar-refractivity contribution is 0.291. The van der Waals surface area contributed by atoms with E-state index in [1.807, 2.05) is 11.6 Å². The predicted octanol–water partition coefficient (Wildman–Crippen LogP) is 4.60. The number of benzene rings is 1. The molecule has 6 heteroatoms. The van der Waals surface area contributed by atoms with Crippen molar-refractivity contribution >= 4 is 27.5 Å². The summed E-state index contributed by atoms with van der Waals surface area (Å²) in [5, 5.41) is 4.76. The first-order chi connectivity index (χ1) is 9.56. The van der Waals surface area contributed by atoms with Gasteiger partial charge in [-0.3, -0.25) is 4.68 Å². The lowest BCUT2D eigenvalue weighted by Crippen LogP contribution is -2.06. The van der Waals surface area contributed by atoms with E-state index in [9.17, 15) is 4.39 Å². The van der Waals surface area contributed by atoms with Crippen molar-refractivity contribution in [1.82, 2.24) is 9.78 Å². The number of aromatic nitrogens is 2. The highest BCUT2D eigenvalue weighted by Gasteiger charge is 2.15. The molecule has 0 aliphatic heterocycles. The Hall–Kier alpha value is -1.07. The standard InChI is InChI=1S/C14H15BrClFN2O/c1-3-11-14(15)12(19(4-2)18-11)8-20-13-6-5-9(17)7-10(13)16/h5-7H,3-4,8H2,1-2H3. The van der Waals surface area contributed by atoms with Crippen LogP contribution in [-0.2, 0) is 19.6 Å². The lowest BCUT2D eigenvalue weighted by Gasteiger charge is -2.09. The summed E-state index contributed by atoms with van der Waals surface area (Å²) in [6.45, 7) is 5.16. The maximum Gasteiger partial charge on any atom is 0.138 e. The Balaban J connectivity index is 2.20. The minimum atomic E-state index is -0.379. The quantitative estimate of drug-likeness (QED) is 0.778. The molecule has 0 unspecified atom stereocenters. The summed E-state index contributed by atoms with van der Waals surface area (Å²) in [6, 6.07) is 4.09. The van der Waals surface area contributed by atoms with E-state index in [2.05, 4.69) is 28.0 Å². The molecule has 0 aliphatic carbocycles. The van der Waals surface area contributed by atoms with Gasteiger partial charge < -0.3 is 4.74 Å². The molecule has 0 saturated carbocycles. The fourth-order valence-electron chi connectivity index (χ4n) is 1.89. The topological polar surface area (TPSA) is 27.1 Å². The molecule has 0 radical (unpaired) electrons. The monoisotopic (exact) mass is 360 g/mol. The van der Waals surface area contributed by atoms with E-state index in [1.165, 1.54) is 18.2 Å². The van der Waals surface area contributed by atoms with Gasteiger partial charge in [-0.25, -0.2) is 4.39 Å².